The minimum Gasteiger partial charge on any atom is -0.457 e. The van der Waals surface area contributed by atoms with Crippen LogP contribution in [0.2, 0.25) is 0 Å². The summed E-state index contributed by atoms with van der Waals surface area (Å²) in [6.07, 6.45) is 0. The zero-order valence-corrected chi connectivity index (χ0v) is 27.7. The highest BCUT2D eigenvalue weighted by atomic mass is 16.6. The maximum atomic E-state index is 12.6. The lowest BCUT2D eigenvalue weighted by Crippen LogP contribution is -2.05. The average molecular weight is 713 g/mol. The Morgan fingerprint density at radius 1 is 0.396 bits per heavy atom. The van der Waals surface area contributed by atoms with E-state index in [-0.39, 0.29) is 24.6 Å². The van der Waals surface area contributed by atoms with Crippen molar-refractivity contribution >= 4 is 23.3 Å². The van der Waals surface area contributed by atoms with Crippen LogP contribution in [0.5, 0.6) is 34.5 Å². The lowest BCUT2D eigenvalue weighted by Gasteiger charge is -2.10. The monoisotopic (exact) mass is 712 g/mol. The molecule has 13 heteroatoms. The Hall–Kier alpha value is -7.54. The van der Waals surface area contributed by atoms with Crippen LogP contribution in [0, 0.1) is 20.2 Å². The van der Waals surface area contributed by atoms with E-state index in [2.05, 4.69) is 0 Å². The molecule has 0 saturated heterocycles. The first-order chi connectivity index (χ1) is 25.7. The summed E-state index contributed by atoms with van der Waals surface area (Å²) in [5.41, 5.74) is 2.09. The second kappa shape index (κ2) is 16.4. The Kier molecular flexibility index (Phi) is 11.0. The highest BCUT2D eigenvalue weighted by Crippen LogP contribution is 2.27. The molecule has 0 amide bonds. The summed E-state index contributed by atoms with van der Waals surface area (Å²) in [7, 11) is 0. The standard InChI is InChI=1S/C40H28N2O11/c43-39(49-25-27-1-13-33(14-2-27)51-37-21-9-31(10-22-37)41(45)46)29-5-17-35(18-6-29)53-36-19-7-30(8-20-36)40(44)50-26-28-3-15-34(16-4-28)52-38-23-11-32(12-24-38)42(47)48/h1-24H,25-26H2. The third-order valence-corrected chi connectivity index (χ3v) is 7.57. The quantitative estimate of drug-likeness (QED) is 0.0599. The number of nitro groups is 2. The van der Waals surface area contributed by atoms with Crippen molar-refractivity contribution in [3.05, 3.63) is 188 Å². The Morgan fingerprint density at radius 3 is 0.906 bits per heavy atom. The molecule has 0 radical (unpaired) electrons. The Morgan fingerprint density at radius 2 is 0.642 bits per heavy atom. The molecule has 6 rings (SSSR count). The molecule has 0 aliphatic carbocycles. The number of rotatable bonds is 14. The molecule has 53 heavy (non-hydrogen) atoms. The van der Waals surface area contributed by atoms with E-state index in [4.69, 9.17) is 23.7 Å². The second-order valence-electron chi connectivity index (χ2n) is 11.3. The number of ether oxygens (including phenoxy) is 5. The fourth-order valence-corrected chi connectivity index (χ4v) is 4.77. The van der Waals surface area contributed by atoms with Gasteiger partial charge in [-0.15, -0.1) is 0 Å². The van der Waals surface area contributed by atoms with Gasteiger partial charge in [0.1, 0.15) is 47.7 Å². The molecular weight excluding hydrogens is 684 g/mol. The summed E-state index contributed by atoms with van der Waals surface area (Å²) in [6, 6.07) is 38.1. The van der Waals surface area contributed by atoms with Gasteiger partial charge in [0.05, 0.1) is 21.0 Å². The molecule has 0 N–H and O–H groups in total. The van der Waals surface area contributed by atoms with Gasteiger partial charge < -0.3 is 23.7 Å². The van der Waals surface area contributed by atoms with Crippen molar-refractivity contribution in [1.29, 1.82) is 0 Å². The molecule has 0 aliphatic rings. The number of non-ortho nitro benzene ring substituents is 2. The van der Waals surface area contributed by atoms with Crippen LogP contribution in [0.15, 0.2) is 146 Å². The molecule has 0 atom stereocenters. The molecule has 264 valence electrons. The van der Waals surface area contributed by atoms with E-state index in [1.807, 2.05) is 0 Å². The van der Waals surface area contributed by atoms with Gasteiger partial charge in [-0.2, -0.15) is 0 Å². The molecule has 6 aromatic rings. The maximum absolute atomic E-state index is 12.6. The lowest BCUT2D eigenvalue weighted by molar-refractivity contribution is -0.385. The van der Waals surface area contributed by atoms with Crippen LogP contribution in [0.3, 0.4) is 0 Å². The van der Waals surface area contributed by atoms with E-state index in [0.29, 0.717) is 45.6 Å². The van der Waals surface area contributed by atoms with E-state index in [1.54, 1.807) is 97.1 Å². The summed E-state index contributed by atoms with van der Waals surface area (Å²) in [5.74, 6) is 1.86. The predicted molar refractivity (Wildman–Crippen MR) is 190 cm³/mol. The molecule has 0 spiro atoms. The van der Waals surface area contributed by atoms with Crippen LogP contribution in [0.1, 0.15) is 31.8 Å². The fourth-order valence-electron chi connectivity index (χ4n) is 4.77. The van der Waals surface area contributed by atoms with E-state index in [9.17, 15) is 29.8 Å². The number of hydrogen-bond donors (Lipinski definition) is 0. The highest BCUT2D eigenvalue weighted by Gasteiger charge is 2.12. The number of benzene rings is 6. The fraction of sp³-hybridized carbons (Fsp3) is 0.0500. The smallest absolute Gasteiger partial charge is 0.338 e. The first kappa shape index (κ1) is 35.3. The largest absolute Gasteiger partial charge is 0.457 e. The summed E-state index contributed by atoms with van der Waals surface area (Å²) >= 11 is 0. The van der Waals surface area contributed by atoms with E-state index < -0.39 is 21.8 Å². The van der Waals surface area contributed by atoms with Gasteiger partial charge in [-0.25, -0.2) is 9.59 Å². The number of carbonyl (C=O) groups is 2. The van der Waals surface area contributed by atoms with Gasteiger partial charge in [-0.1, -0.05) is 24.3 Å². The molecule has 0 heterocycles. The molecule has 0 unspecified atom stereocenters. The Balaban J connectivity index is 0.926. The Labute approximate surface area is 301 Å². The van der Waals surface area contributed by atoms with Crippen LogP contribution in [-0.2, 0) is 22.7 Å². The van der Waals surface area contributed by atoms with E-state index >= 15 is 0 Å². The minimum atomic E-state index is -0.517. The van der Waals surface area contributed by atoms with Gasteiger partial charge in [0, 0.05) is 24.3 Å². The van der Waals surface area contributed by atoms with Gasteiger partial charge in [-0.05, 0) is 108 Å². The summed E-state index contributed by atoms with van der Waals surface area (Å²) < 4.78 is 28.1. The summed E-state index contributed by atoms with van der Waals surface area (Å²) in [5, 5.41) is 21.6. The number of carbonyl (C=O) groups excluding carboxylic acids is 2. The average Bonchev–Trinajstić information content (AvgIpc) is 3.18. The third-order valence-electron chi connectivity index (χ3n) is 7.57. The zero-order chi connectivity index (χ0) is 37.2. The van der Waals surface area contributed by atoms with Gasteiger partial charge in [0.15, 0.2) is 0 Å². The highest BCUT2D eigenvalue weighted by molar-refractivity contribution is 5.90. The number of nitro benzene ring substituents is 2. The van der Waals surface area contributed by atoms with Crippen molar-refractivity contribution in [3.8, 4) is 34.5 Å². The molecular formula is C40H28N2O11. The molecule has 6 aromatic carbocycles. The van der Waals surface area contributed by atoms with Crippen LogP contribution in [0.25, 0.3) is 0 Å². The van der Waals surface area contributed by atoms with Crippen LogP contribution >= 0.6 is 0 Å². The first-order valence-electron chi connectivity index (χ1n) is 15.9. The van der Waals surface area contributed by atoms with Crippen molar-refractivity contribution in [2.75, 3.05) is 0 Å². The zero-order valence-electron chi connectivity index (χ0n) is 27.7. The van der Waals surface area contributed by atoms with Crippen molar-refractivity contribution in [1.82, 2.24) is 0 Å². The second-order valence-corrected chi connectivity index (χ2v) is 11.3. The lowest BCUT2D eigenvalue weighted by atomic mass is 10.2. The topological polar surface area (TPSA) is 167 Å². The van der Waals surface area contributed by atoms with E-state index in [1.165, 1.54) is 48.5 Å². The SMILES string of the molecule is O=C(OCc1ccc(Oc2ccc([N+](=O)[O-])cc2)cc1)c1ccc(Oc2ccc(C(=O)OCc3ccc(Oc4ccc([N+](=O)[O-])cc4)cc3)cc2)cc1. The molecule has 0 bridgehead atoms. The summed E-state index contributed by atoms with van der Waals surface area (Å²) in [6.45, 7) is 0.0775. The molecule has 0 fully saturated rings. The maximum Gasteiger partial charge on any atom is 0.338 e. The Bertz CT molecular complexity index is 2040. The first-order valence-corrected chi connectivity index (χ1v) is 15.9. The number of esters is 2. The number of hydrogen-bond acceptors (Lipinski definition) is 11. The van der Waals surface area contributed by atoms with Crippen LogP contribution in [-0.4, -0.2) is 21.8 Å². The molecule has 0 aliphatic heterocycles. The van der Waals surface area contributed by atoms with Crippen molar-refractivity contribution < 1.29 is 43.1 Å². The summed E-state index contributed by atoms with van der Waals surface area (Å²) in [4.78, 5) is 45.9. The van der Waals surface area contributed by atoms with Crippen molar-refractivity contribution in [3.63, 3.8) is 0 Å². The van der Waals surface area contributed by atoms with E-state index in [0.717, 1.165) is 11.1 Å². The molecule has 0 saturated carbocycles. The van der Waals surface area contributed by atoms with Gasteiger partial charge >= 0.3 is 11.9 Å². The molecule has 0 aromatic heterocycles. The van der Waals surface area contributed by atoms with Crippen molar-refractivity contribution in [2.24, 2.45) is 0 Å². The van der Waals surface area contributed by atoms with Crippen LogP contribution < -0.4 is 14.2 Å². The number of nitrogens with zero attached hydrogens (tertiary/aromatic N) is 2. The molecule has 13 nitrogen and oxygen atoms in total. The minimum absolute atomic E-state index is 0.0289. The third kappa shape index (κ3) is 9.80. The van der Waals surface area contributed by atoms with Gasteiger partial charge in [0.25, 0.3) is 11.4 Å². The van der Waals surface area contributed by atoms with Crippen molar-refractivity contribution in [2.45, 2.75) is 13.2 Å². The predicted octanol–water partition coefficient (Wildman–Crippen LogP) is 9.59. The van der Waals surface area contributed by atoms with Gasteiger partial charge in [0.2, 0.25) is 0 Å². The van der Waals surface area contributed by atoms with Gasteiger partial charge in [-0.3, -0.25) is 20.2 Å². The van der Waals surface area contributed by atoms with Crippen LogP contribution in [0.4, 0.5) is 11.4 Å². The normalized spacial score (nSPS) is 10.5.